The number of hydrogen-bond acceptors (Lipinski definition) is 3. The quantitative estimate of drug-likeness (QED) is 0.746. The molecular weight excluding hydrogens is 206 g/mol. The molecule has 0 aromatic heterocycles. The Morgan fingerprint density at radius 3 is 2.81 bits per heavy atom. The lowest BCUT2D eigenvalue weighted by atomic mass is 9.98. The molecule has 2 atom stereocenters. The molecule has 2 fully saturated rings. The first kappa shape index (κ1) is 11.7. The van der Waals surface area contributed by atoms with Crippen molar-refractivity contribution in [2.75, 3.05) is 13.2 Å². The Labute approximate surface area is 96.7 Å². The number of hydrogen-bond donors (Lipinski definition) is 1. The van der Waals surface area contributed by atoms with E-state index >= 15 is 0 Å². The van der Waals surface area contributed by atoms with Crippen LogP contribution in [0.2, 0.25) is 0 Å². The Morgan fingerprint density at radius 2 is 2.25 bits per heavy atom. The van der Waals surface area contributed by atoms with Gasteiger partial charge < -0.3 is 14.8 Å². The molecule has 1 heterocycles. The molecule has 1 spiro atoms. The van der Waals surface area contributed by atoms with Crippen molar-refractivity contribution < 1.29 is 14.3 Å². The molecular formula is C12H21NO3. The molecule has 0 bridgehead atoms. The van der Waals surface area contributed by atoms with Gasteiger partial charge in [-0.2, -0.15) is 0 Å². The molecule has 2 rings (SSSR count). The fourth-order valence-corrected chi connectivity index (χ4v) is 2.31. The van der Waals surface area contributed by atoms with E-state index in [2.05, 4.69) is 5.32 Å². The Kier molecular flexibility index (Phi) is 2.86. The van der Waals surface area contributed by atoms with Gasteiger partial charge in [-0.05, 0) is 40.0 Å². The summed E-state index contributed by atoms with van der Waals surface area (Å²) in [6.45, 7) is 7.27. The number of nitrogens with one attached hydrogen (secondary N) is 1. The van der Waals surface area contributed by atoms with Gasteiger partial charge in [-0.25, -0.2) is 4.79 Å². The highest BCUT2D eigenvalue weighted by molar-refractivity contribution is 5.68. The van der Waals surface area contributed by atoms with E-state index in [1.165, 1.54) is 0 Å². The second-order valence-corrected chi connectivity index (χ2v) is 5.92. The first-order valence-corrected chi connectivity index (χ1v) is 5.99. The van der Waals surface area contributed by atoms with Crippen molar-refractivity contribution in [2.24, 2.45) is 5.41 Å². The van der Waals surface area contributed by atoms with Gasteiger partial charge in [0.2, 0.25) is 0 Å². The van der Waals surface area contributed by atoms with Crippen LogP contribution in [0.3, 0.4) is 0 Å². The van der Waals surface area contributed by atoms with Gasteiger partial charge in [-0.15, -0.1) is 0 Å². The average molecular weight is 227 g/mol. The van der Waals surface area contributed by atoms with Crippen molar-refractivity contribution in [1.82, 2.24) is 5.32 Å². The van der Waals surface area contributed by atoms with Crippen molar-refractivity contribution >= 4 is 6.09 Å². The van der Waals surface area contributed by atoms with E-state index in [4.69, 9.17) is 9.47 Å². The molecule has 0 aromatic rings. The zero-order chi connectivity index (χ0) is 11.8. The lowest BCUT2D eigenvalue weighted by molar-refractivity contribution is 0.0333. The van der Waals surface area contributed by atoms with E-state index in [0.29, 0.717) is 0 Å². The minimum absolute atomic E-state index is 0.217. The third-order valence-electron chi connectivity index (χ3n) is 3.23. The molecule has 1 amide bonds. The number of carbonyl (C=O) groups is 1. The van der Waals surface area contributed by atoms with Gasteiger partial charge in [0.25, 0.3) is 0 Å². The van der Waals surface area contributed by atoms with Crippen molar-refractivity contribution in [3.05, 3.63) is 0 Å². The van der Waals surface area contributed by atoms with Gasteiger partial charge in [-0.3, -0.25) is 0 Å². The van der Waals surface area contributed by atoms with Gasteiger partial charge in [0.05, 0.1) is 6.61 Å². The molecule has 1 aliphatic carbocycles. The van der Waals surface area contributed by atoms with Crippen LogP contribution in [0.15, 0.2) is 0 Å². The maximum absolute atomic E-state index is 11.6. The standard InChI is InChI=1S/C12H21NO3/c1-11(2,3)16-10(14)13-9-7-12(9)5-4-6-15-8-12/h9H,4-8H2,1-3H3,(H,13,14)/t9-,12+/m1/s1. The zero-order valence-corrected chi connectivity index (χ0v) is 10.3. The first-order valence-electron chi connectivity index (χ1n) is 5.99. The maximum Gasteiger partial charge on any atom is 0.407 e. The predicted octanol–water partition coefficient (Wildman–Crippen LogP) is 2.08. The number of ether oxygens (including phenoxy) is 2. The van der Waals surface area contributed by atoms with Crippen molar-refractivity contribution in [2.45, 2.75) is 51.7 Å². The third kappa shape index (κ3) is 2.67. The summed E-state index contributed by atoms with van der Waals surface area (Å²) in [5, 5.41) is 2.93. The van der Waals surface area contributed by atoms with E-state index in [0.717, 1.165) is 32.5 Å². The summed E-state index contributed by atoms with van der Waals surface area (Å²) < 4.78 is 10.7. The molecule has 4 nitrogen and oxygen atoms in total. The van der Waals surface area contributed by atoms with E-state index in [-0.39, 0.29) is 17.6 Å². The molecule has 0 radical (unpaired) electrons. The molecule has 1 N–H and O–H groups in total. The average Bonchev–Trinajstić information content (AvgIpc) is 2.75. The normalized spacial score (nSPS) is 33.6. The Morgan fingerprint density at radius 1 is 1.50 bits per heavy atom. The second kappa shape index (κ2) is 3.91. The number of carbonyl (C=O) groups excluding carboxylic acids is 1. The summed E-state index contributed by atoms with van der Waals surface area (Å²) >= 11 is 0. The van der Waals surface area contributed by atoms with Crippen LogP contribution in [0.5, 0.6) is 0 Å². The summed E-state index contributed by atoms with van der Waals surface area (Å²) in [4.78, 5) is 11.6. The molecule has 2 aliphatic rings. The lowest BCUT2D eigenvalue weighted by Crippen LogP contribution is -2.37. The van der Waals surface area contributed by atoms with Crippen LogP contribution in [-0.4, -0.2) is 30.9 Å². The van der Waals surface area contributed by atoms with Gasteiger partial charge in [0, 0.05) is 18.1 Å². The number of alkyl carbamates (subject to hydrolysis) is 1. The maximum atomic E-state index is 11.6. The minimum atomic E-state index is -0.421. The van der Waals surface area contributed by atoms with Crippen LogP contribution in [0.1, 0.15) is 40.0 Å². The fourth-order valence-electron chi connectivity index (χ4n) is 2.31. The van der Waals surface area contributed by atoms with Crippen LogP contribution >= 0.6 is 0 Å². The van der Waals surface area contributed by atoms with Crippen LogP contribution in [0.4, 0.5) is 4.79 Å². The largest absolute Gasteiger partial charge is 0.444 e. The van der Waals surface area contributed by atoms with Crippen LogP contribution < -0.4 is 5.32 Å². The minimum Gasteiger partial charge on any atom is -0.444 e. The van der Waals surface area contributed by atoms with E-state index in [1.807, 2.05) is 20.8 Å². The zero-order valence-electron chi connectivity index (χ0n) is 10.3. The molecule has 16 heavy (non-hydrogen) atoms. The van der Waals surface area contributed by atoms with Crippen LogP contribution in [0.25, 0.3) is 0 Å². The van der Waals surface area contributed by atoms with Crippen LogP contribution in [-0.2, 0) is 9.47 Å². The topological polar surface area (TPSA) is 47.6 Å². The smallest absolute Gasteiger partial charge is 0.407 e. The number of amides is 1. The summed E-state index contributed by atoms with van der Waals surface area (Å²) in [5.41, 5.74) is -0.204. The highest BCUT2D eigenvalue weighted by Gasteiger charge is 2.55. The van der Waals surface area contributed by atoms with E-state index in [1.54, 1.807) is 0 Å². The van der Waals surface area contributed by atoms with Gasteiger partial charge in [0.15, 0.2) is 0 Å². The molecule has 4 heteroatoms. The summed E-state index contributed by atoms with van der Waals surface area (Å²) in [6.07, 6.45) is 2.99. The monoisotopic (exact) mass is 227 g/mol. The molecule has 92 valence electrons. The molecule has 0 unspecified atom stereocenters. The third-order valence-corrected chi connectivity index (χ3v) is 3.23. The second-order valence-electron chi connectivity index (χ2n) is 5.92. The van der Waals surface area contributed by atoms with Gasteiger partial charge in [-0.1, -0.05) is 0 Å². The summed E-state index contributed by atoms with van der Waals surface area (Å²) in [5.74, 6) is 0. The summed E-state index contributed by atoms with van der Waals surface area (Å²) in [7, 11) is 0. The van der Waals surface area contributed by atoms with Crippen molar-refractivity contribution in [3.8, 4) is 0 Å². The van der Waals surface area contributed by atoms with E-state index < -0.39 is 5.60 Å². The fraction of sp³-hybridized carbons (Fsp3) is 0.917. The lowest BCUT2D eigenvalue weighted by Gasteiger charge is -2.24. The SMILES string of the molecule is CC(C)(C)OC(=O)N[C@@H]1C[C@]12CCCOC2. The molecule has 0 aromatic carbocycles. The van der Waals surface area contributed by atoms with Gasteiger partial charge in [0.1, 0.15) is 5.60 Å². The van der Waals surface area contributed by atoms with E-state index in [9.17, 15) is 4.79 Å². The Hall–Kier alpha value is -0.770. The molecule has 1 saturated carbocycles. The Balaban J connectivity index is 1.78. The number of rotatable bonds is 1. The van der Waals surface area contributed by atoms with Gasteiger partial charge >= 0.3 is 6.09 Å². The molecule has 1 aliphatic heterocycles. The molecule has 1 saturated heterocycles. The highest BCUT2D eigenvalue weighted by Crippen LogP contribution is 2.51. The highest BCUT2D eigenvalue weighted by atomic mass is 16.6. The summed E-state index contributed by atoms with van der Waals surface area (Å²) in [6, 6.07) is 0.252. The van der Waals surface area contributed by atoms with Crippen molar-refractivity contribution in [1.29, 1.82) is 0 Å². The van der Waals surface area contributed by atoms with Crippen molar-refractivity contribution in [3.63, 3.8) is 0 Å². The predicted molar refractivity (Wildman–Crippen MR) is 60.3 cm³/mol. The first-order chi connectivity index (χ1) is 7.41. The van der Waals surface area contributed by atoms with Crippen LogP contribution in [0, 0.1) is 5.41 Å². The Bertz CT molecular complexity index is 276.